The topological polar surface area (TPSA) is 49.8 Å². The summed E-state index contributed by atoms with van der Waals surface area (Å²) in [5.74, 6) is 0.340. The van der Waals surface area contributed by atoms with Crippen LogP contribution in [0.3, 0.4) is 0 Å². The first kappa shape index (κ1) is 10.8. The summed E-state index contributed by atoms with van der Waals surface area (Å²) in [7, 11) is 0. The van der Waals surface area contributed by atoms with E-state index in [1.807, 2.05) is 0 Å². The van der Waals surface area contributed by atoms with Gasteiger partial charge in [-0.1, -0.05) is 11.6 Å². The van der Waals surface area contributed by atoms with E-state index in [9.17, 15) is 4.79 Å². The molecule has 0 aliphatic heterocycles. The molecule has 0 heterocycles. The first-order valence-electron chi connectivity index (χ1n) is 4.07. The van der Waals surface area contributed by atoms with Gasteiger partial charge in [-0.25, -0.2) is 4.79 Å². The molecule has 4 nitrogen and oxygen atoms in total. The average Bonchev–Trinajstić information content (AvgIpc) is 2.20. The lowest BCUT2D eigenvalue weighted by Gasteiger charge is -2.11. The van der Waals surface area contributed by atoms with Crippen molar-refractivity contribution in [1.82, 2.24) is 5.06 Å². The third-order valence-electron chi connectivity index (χ3n) is 1.53. The van der Waals surface area contributed by atoms with Gasteiger partial charge in [0.25, 0.3) is 0 Å². The summed E-state index contributed by atoms with van der Waals surface area (Å²) < 4.78 is 4.80. The molecule has 0 radical (unpaired) electrons. The first-order valence-corrected chi connectivity index (χ1v) is 4.45. The smallest absolute Gasteiger partial charge is 0.409 e. The molecular weight excluding hydrogens is 206 g/mol. The quantitative estimate of drug-likeness (QED) is 0.609. The van der Waals surface area contributed by atoms with E-state index in [-0.39, 0.29) is 6.54 Å². The normalized spacial score (nSPS) is 9.64. The van der Waals surface area contributed by atoms with Crippen molar-refractivity contribution < 1.29 is 14.7 Å². The number of rotatable bonds is 2. The third-order valence-corrected chi connectivity index (χ3v) is 1.78. The summed E-state index contributed by atoms with van der Waals surface area (Å²) in [6.45, 7) is 1.80. The number of hydroxylamine groups is 2. The average molecular weight is 216 g/mol. The molecule has 76 valence electrons. The molecule has 1 aromatic rings. The van der Waals surface area contributed by atoms with Crippen molar-refractivity contribution in [2.45, 2.75) is 6.92 Å². The highest BCUT2D eigenvalue weighted by atomic mass is 35.5. The maximum atomic E-state index is 11.0. The van der Waals surface area contributed by atoms with Crippen LogP contribution in [0.15, 0.2) is 24.3 Å². The largest absolute Gasteiger partial charge is 0.439 e. The van der Waals surface area contributed by atoms with Crippen molar-refractivity contribution in [3.63, 3.8) is 0 Å². The Kier molecular flexibility index (Phi) is 3.73. The summed E-state index contributed by atoms with van der Waals surface area (Å²) >= 11 is 5.64. The van der Waals surface area contributed by atoms with E-state index in [1.54, 1.807) is 31.2 Å². The van der Waals surface area contributed by atoms with E-state index in [0.29, 0.717) is 15.8 Å². The molecule has 0 aromatic heterocycles. The van der Waals surface area contributed by atoms with Crippen LogP contribution < -0.4 is 4.74 Å². The van der Waals surface area contributed by atoms with Crippen molar-refractivity contribution >= 4 is 17.7 Å². The Bertz CT molecular complexity index is 312. The van der Waals surface area contributed by atoms with Gasteiger partial charge in [0.1, 0.15) is 5.75 Å². The van der Waals surface area contributed by atoms with E-state index in [1.165, 1.54) is 0 Å². The van der Waals surface area contributed by atoms with Crippen LogP contribution in [-0.4, -0.2) is 22.9 Å². The second-order valence-electron chi connectivity index (χ2n) is 2.54. The number of hydrogen-bond acceptors (Lipinski definition) is 3. The zero-order valence-corrected chi connectivity index (χ0v) is 8.36. The zero-order chi connectivity index (χ0) is 10.6. The van der Waals surface area contributed by atoms with Gasteiger partial charge in [0.05, 0.1) is 0 Å². The van der Waals surface area contributed by atoms with Crippen molar-refractivity contribution in [3.05, 3.63) is 29.3 Å². The van der Waals surface area contributed by atoms with Crippen molar-refractivity contribution in [3.8, 4) is 5.75 Å². The molecule has 1 rings (SSSR count). The van der Waals surface area contributed by atoms with Crippen LogP contribution in [0.1, 0.15) is 6.92 Å². The van der Waals surface area contributed by atoms with E-state index in [0.717, 1.165) is 0 Å². The van der Waals surface area contributed by atoms with E-state index in [2.05, 4.69) is 0 Å². The molecule has 0 fully saturated rings. The summed E-state index contributed by atoms with van der Waals surface area (Å²) in [5.41, 5.74) is 0. The van der Waals surface area contributed by atoms with Crippen LogP contribution in [0.5, 0.6) is 5.75 Å². The Labute approximate surface area is 86.6 Å². The van der Waals surface area contributed by atoms with Crippen LogP contribution in [-0.2, 0) is 0 Å². The lowest BCUT2D eigenvalue weighted by Crippen LogP contribution is -2.29. The van der Waals surface area contributed by atoms with Gasteiger partial charge in [-0.2, -0.15) is 5.06 Å². The number of halogens is 1. The third kappa shape index (κ3) is 2.90. The fraction of sp³-hybridized carbons (Fsp3) is 0.222. The molecule has 0 spiro atoms. The minimum atomic E-state index is -0.810. The van der Waals surface area contributed by atoms with E-state index >= 15 is 0 Å². The Balaban J connectivity index is 2.60. The molecule has 0 aliphatic carbocycles. The second kappa shape index (κ2) is 4.83. The fourth-order valence-electron chi connectivity index (χ4n) is 0.785. The highest BCUT2D eigenvalue weighted by Gasteiger charge is 2.10. The molecule has 0 bridgehead atoms. The molecule has 1 N–H and O–H groups in total. The van der Waals surface area contributed by atoms with Crippen LogP contribution >= 0.6 is 11.6 Å². The van der Waals surface area contributed by atoms with E-state index < -0.39 is 6.09 Å². The van der Waals surface area contributed by atoms with Gasteiger partial charge in [0.2, 0.25) is 0 Å². The molecular formula is C9H10ClNO3. The SMILES string of the molecule is CCN(O)C(=O)Oc1ccc(Cl)cc1. The highest BCUT2D eigenvalue weighted by molar-refractivity contribution is 6.30. The maximum Gasteiger partial charge on any atom is 0.439 e. The molecule has 0 saturated heterocycles. The number of ether oxygens (including phenoxy) is 1. The molecule has 1 aromatic carbocycles. The minimum Gasteiger partial charge on any atom is -0.409 e. The monoisotopic (exact) mass is 215 g/mol. The predicted octanol–water partition coefficient (Wildman–Crippen LogP) is 2.55. The van der Waals surface area contributed by atoms with Gasteiger partial charge < -0.3 is 4.74 Å². The van der Waals surface area contributed by atoms with Gasteiger partial charge in [0.15, 0.2) is 0 Å². The Morgan fingerprint density at radius 3 is 2.57 bits per heavy atom. The molecule has 5 heteroatoms. The fourth-order valence-corrected chi connectivity index (χ4v) is 0.911. The molecule has 0 unspecified atom stereocenters. The number of carbonyl (C=O) groups excluding carboxylic acids is 1. The lowest BCUT2D eigenvalue weighted by molar-refractivity contribution is -0.0559. The molecule has 14 heavy (non-hydrogen) atoms. The second-order valence-corrected chi connectivity index (χ2v) is 2.97. The highest BCUT2D eigenvalue weighted by Crippen LogP contribution is 2.15. The number of hydrogen-bond donors (Lipinski definition) is 1. The van der Waals surface area contributed by atoms with Crippen LogP contribution in [0.4, 0.5) is 4.79 Å². The first-order chi connectivity index (χ1) is 6.63. The van der Waals surface area contributed by atoms with Gasteiger partial charge in [-0.3, -0.25) is 5.21 Å². The predicted molar refractivity (Wildman–Crippen MR) is 51.6 cm³/mol. The van der Waals surface area contributed by atoms with Crippen LogP contribution in [0.2, 0.25) is 5.02 Å². The molecule has 0 saturated carbocycles. The number of amides is 1. The Morgan fingerprint density at radius 1 is 1.50 bits per heavy atom. The van der Waals surface area contributed by atoms with Gasteiger partial charge in [0, 0.05) is 11.6 Å². The van der Waals surface area contributed by atoms with Crippen molar-refractivity contribution in [2.75, 3.05) is 6.54 Å². The van der Waals surface area contributed by atoms with Gasteiger partial charge in [-0.05, 0) is 31.2 Å². The molecule has 0 atom stereocenters. The van der Waals surface area contributed by atoms with Crippen molar-refractivity contribution in [2.24, 2.45) is 0 Å². The zero-order valence-electron chi connectivity index (χ0n) is 7.61. The van der Waals surface area contributed by atoms with Crippen molar-refractivity contribution in [1.29, 1.82) is 0 Å². The van der Waals surface area contributed by atoms with Gasteiger partial charge in [-0.15, -0.1) is 0 Å². The summed E-state index contributed by atoms with van der Waals surface area (Å²) in [5, 5.41) is 10.0. The summed E-state index contributed by atoms with van der Waals surface area (Å²) in [6.07, 6.45) is -0.810. The standard InChI is InChI=1S/C9H10ClNO3/c1-2-11(13)9(12)14-8-5-3-7(10)4-6-8/h3-6,13H,2H2,1H3. The number of nitrogens with zero attached hydrogens (tertiary/aromatic N) is 1. The summed E-state index contributed by atoms with van der Waals surface area (Å²) in [6, 6.07) is 6.28. The van der Waals surface area contributed by atoms with E-state index in [4.69, 9.17) is 21.5 Å². The Morgan fingerprint density at radius 2 is 2.07 bits per heavy atom. The maximum absolute atomic E-state index is 11.0. The summed E-state index contributed by atoms with van der Waals surface area (Å²) in [4.78, 5) is 11.0. The minimum absolute atomic E-state index is 0.173. The lowest BCUT2D eigenvalue weighted by atomic mass is 10.3. The molecule has 0 aliphatic rings. The van der Waals surface area contributed by atoms with Crippen LogP contribution in [0, 0.1) is 0 Å². The number of benzene rings is 1. The van der Waals surface area contributed by atoms with Gasteiger partial charge >= 0.3 is 6.09 Å². The van der Waals surface area contributed by atoms with Crippen LogP contribution in [0.25, 0.3) is 0 Å². The number of carbonyl (C=O) groups is 1. The Hall–Kier alpha value is -1.26. The molecule has 1 amide bonds.